The fraction of sp³-hybridized carbons (Fsp3) is 0.167. The number of benzene rings is 2. The van der Waals surface area contributed by atoms with Crippen LogP contribution < -0.4 is 0 Å². The van der Waals surface area contributed by atoms with E-state index in [2.05, 4.69) is 9.99 Å². The Morgan fingerprint density at radius 2 is 1.61 bits per heavy atom. The highest BCUT2D eigenvalue weighted by atomic mass is 32.2. The molecule has 0 fully saturated rings. The number of carbonyl (C=O) groups is 2. The second-order valence-corrected chi connectivity index (χ2v) is 5.91. The molecule has 0 aliphatic heterocycles. The summed E-state index contributed by atoms with van der Waals surface area (Å²) in [6, 6.07) is 17.3. The molecule has 2 aromatic carbocycles. The summed E-state index contributed by atoms with van der Waals surface area (Å²) >= 11 is 1.62. The van der Waals surface area contributed by atoms with Crippen molar-refractivity contribution in [1.29, 1.82) is 0 Å². The lowest BCUT2D eigenvalue weighted by atomic mass is 10.1. The van der Waals surface area contributed by atoms with Gasteiger partial charge in [-0.05, 0) is 43.3 Å². The summed E-state index contributed by atoms with van der Waals surface area (Å²) in [6.45, 7) is 3.19. The molecule has 2 rings (SSSR count). The SMILES string of the molecule is CCC(=O)O/N=C(\C)C(=O)c1ccc(Sc2ccccc2)cc1. The van der Waals surface area contributed by atoms with E-state index in [0.29, 0.717) is 5.56 Å². The molecule has 2 aromatic rings. The standard InChI is InChI=1S/C18H17NO3S/c1-3-17(20)22-19-13(2)18(21)14-9-11-16(12-10-14)23-15-7-5-4-6-8-15/h4-12H,3H2,1-2H3/b19-13+. The molecule has 118 valence electrons. The molecule has 0 heterocycles. The third kappa shape index (κ3) is 5.07. The van der Waals surface area contributed by atoms with Crippen molar-refractivity contribution in [3.63, 3.8) is 0 Å². The van der Waals surface area contributed by atoms with E-state index in [9.17, 15) is 9.59 Å². The van der Waals surface area contributed by atoms with E-state index in [4.69, 9.17) is 0 Å². The third-order valence-corrected chi connectivity index (χ3v) is 4.01. The van der Waals surface area contributed by atoms with Gasteiger partial charge in [0, 0.05) is 21.8 Å². The zero-order valence-corrected chi connectivity index (χ0v) is 13.8. The summed E-state index contributed by atoms with van der Waals surface area (Å²) < 4.78 is 0. The molecule has 0 saturated heterocycles. The van der Waals surface area contributed by atoms with E-state index in [0.717, 1.165) is 9.79 Å². The highest BCUT2D eigenvalue weighted by molar-refractivity contribution is 7.99. The second kappa shape index (κ2) is 8.29. The van der Waals surface area contributed by atoms with Gasteiger partial charge in [-0.2, -0.15) is 0 Å². The van der Waals surface area contributed by atoms with Crippen molar-refractivity contribution < 1.29 is 14.4 Å². The van der Waals surface area contributed by atoms with Crippen LogP contribution in [0.2, 0.25) is 0 Å². The Morgan fingerprint density at radius 1 is 1.00 bits per heavy atom. The molecule has 0 radical (unpaired) electrons. The minimum atomic E-state index is -0.466. The van der Waals surface area contributed by atoms with Crippen molar-refractivity contribution in [2.24, 2.45) is 5.16 Å². The lowest BCUT2D eigenvalue weighted by molar-refractivity contribution is -0.143. The van der Waals surface area contributed by atoms with Crippen molar-refractivity contribution in [2.45, 2.75) is 30.1 Å². The number of hydrogen-bond acceptors (Lipinski definition) is 5. The average Bonchev–Trinajstić information content (AvgIpc) is 2.60. The van der Waals surface area contributed by atoms with Gasteiger partial charge in [0.1, 0.15) is 5.71 Å². The maximum absolute atomic E-state index is 12.2. The van der Waals surface area contributed by atoms with Crippen LogP contribution in [0.1, 0.15) is 30.6 Å². The van der Waals surface area contributed by atoms with Crippen LogP contribution in [0.5, 0.6) is 0 Å². The van der Waals surface area contributed by atoms with E-state index >= 15 is 0 Å². The van der Waals surface area contributed by atoms with E-state index in [1.165, 1.54) is 6.92 Å². The Hall–Kier alpha value is -2.40. The molecule has 0 atom stereocenters. The molecule has 0 aliphatic rings. The molecular weight excluding hydrogens is 310 g/mol. The van der Waals surface area contributed by atoms with E-state index in [1.54, 1.807) is 30.8 Å². The molecule has 5 heteroatoms. The number of ketones is 1. The normalized spacial score (nSPS) is 11.1. The van der Waals surface area contributed by atoms with Gasteiger partial charge < -0.3 is 4.84 Å². The molecule has 0 amide bonds. The maximum atomic E-state index is 12.2. The van der Waals surface area contributed by atoms with Crippen LogP contribution in [0.15, 0.2) is 69.5 Å². The summed E-state index contributed by atoms with van der Waals surface area (Å²) in [5.41, 5.74) is 0.659. The number of nitrogens with zero attached hydrogens (tertiary/aromatic N) is 1. The van der Waals surface area contributed by atoms with Gasteiger partial charge >= 0.3 is 5.97 Å². The van der Waals surface area contributed by atoms with Gasteiger partial charge in [-0.1, -0.05) is 42.0 Å². The van der Waals surface area contributed by atoms with Gasteiger partial charge in [0.2, 0.25) is 5.78 Å². The second-order valence-electron chi connectivity index (χ2n) is 4.76. The van der Waals surface area contributed by atoms with Crippen molar-refractivity contribution in [3.05, 3.63) is 60.2 Å². The highest BCUT2D eigenvalue weighted by Crippen LogP contribution is 2.27. The van der Waals surface area contributed by atoms with Crippen LogP contribution >= 0.6 is 11.8 Å². The van der Waals surface area contributed by atoms with Crippen LogP contribution in [0.3, 0.4) is 0 Å². The molecule has 0 bridgehead atoms. The van der Waals surface area contributed by atoms with E-state index < -0.39 is 5.97 Å². The first-order chi connectivity index (χ1) is 11.1. The maximum Gasteiger partial charge on any atom is 0.334 e. The Morgan fingerprint density at radius 3 is 2.22 bits per heavy atom. The van der Waals surface area contributed by atoms with Gasteiger partial charge in [0.25, 0.3) is 0 Å². The summed E-state index contributed by atoms with van der Waals surface area (Å²) in [7, 11) is 0. The monoisotopic (exact) mass is 327 g/mol. The topological polar surface area (TPSA) is 55.7 Å². The van der Waals surface area contributed by atoms with Gasteiger partial charge in [0.05, 0.1) is 0 Å². The molecule has 0 N–H and O–H groups in total. The minimum Gasteiger partial charge on any atom is -0.318 e. The van der Waals surface area contributed by atoms with Crippen molar-refractivity contribution in [2.75, 3.05) is 0 Å². The predicted molar refractivity (Wildman–Crippen MR) is 90.8 cm³/mol. The van der Waals surface area contributed by atoms with Gasteiger partial charge in [-0.25, -0.2) is 4.79 Å². The van der Waals surface area contributed by atoms with Crippen molar-refractivity contribution in [1.82, 2.24) is 0 Å². The smallest absolute Gasteiger partial charge is 0.318 e. The number of rotatable bonds is 6. The van der Waals surface area contributed by atoms with E-state index in [1.807, 2.05) is 42.5 Å². The first kappa shape index (κ1) is 17.0. The number of carbonyl (C=O) groups excluding carboxylic acids is 2. The minimum absolute atomic E-state index is 0.148. The summed E-state index contributed by atoms with van der Waals surface area (Å²) in [4.78, 5) is 30.0. The van der Waals surface area contributed by atoms with E-state index in [-0.39, 0.29) is 17.9 Å². The van der Waals surface area contributed by atoms with Crippen molar-refractivity contribution >= 4 is 29.2 Å². The molecule has 23 heavy (non-hydrogen) atoms. The molecule has 0 aliphatic carbocycles. The number of hydrogen-bond donors (Lipinski definition) is 0. The predicted octanol–water partition coefficient (Wildman–Crippen LogP) is 4.35. The van der Waals surface area contributed by atoms with Crippen LogP contribution in [0.4, 0.5) is 0 Å². The lowest BCUT2D eigenvalue weighted by Gasteiger charge is -2.04. The molecule has 0 unspecified atom stereocenters. The van der Waals surface area contributed by atoms with Crippen LogP contribution in [-0.2, 0) is 9.63 Å². The zero-order valence-electron chi connectivity index (χ0n) is 13.0. The number of oxime groups is 1. The van der Waals surface area contributed by atoms with Crippen LogP contribution in [0, 0.1) is 0 Å². The summed E-state index contributed by atoms with van der Waals surface area (Å²) in [5.74, 6) is -0.725. The van der Waals surface area contributed by atoms with Crippen molar-refractivity contribution in [3.8, 4) is 0 Å². The van der Waals surface area contributed by atoms with Gasteiger partial charge in [0.15, 0.2) is 0 Å². The Kier molecular flexibility index (Phi) is 6.11. The first-order valence-electron chi connectivity index (χ1n) is 7.22. The molecule has 0 saturated carbocycles. The Balaban J connectivity index is 2.04. The van der Waals surface area contributed by atoms with Gasteiger partial charge in [-0.3, -0.25) is 4.79 Å². The summed E-state index contributed by atoms with van der Waals surface area (Å²) in [6.07, 6.45) is 0.219. The molecule has 0 spiro atoms. The fourth-order valence-corrected chi connectivity index (χ4v) is 2.57. The average molecular weight is 327 g/mol. The molecule has 4 nitrogen and oxygen atoms in total. The van der Waals surface area contributed by atoms with Gasteiger partial charge in [-0.15, -0.1) is 0 Å². The molecular formula is C18H17NO3S. The largest absolute Gasteiger partial charge is 0.334 e. The third-order valence-electron chi connectivity index (χ3n) is 3.00. The van der Waals surface area contributed by atoms with Crippen LogP contribution in [-0.4, -0.2) is 17.5 Å². The lowest BCUT2D eigenvalue weighted by Crippen LogP contribution is -2.12. The number of Topliss-reactive ketones (excluding diaryl/α,β-unsaturated/α-hetero) is 1. The first-order valence-corrected chi connectivity index (χ1v) is 8.04. The zero-order chi connectivity index (χ0) is 16.7. The highest BCUT2D eigenvalue weighted by Gasteiger charge is 2.11. The Bertz CT molecular complexity index is 709. The molecule has 0 aromatic heterocycles. The van der Waals surface area contributed by atoms with Crippen LogP contribution in [0.25, 0.3) is 0 Å². The fourth-order valence-electron chi connectivity index (χ4n) is 1.73. The Labute approximate surface area is 139 Å². The summed E-state index contributed by atoms with van der Waals surface area (Å²) in [5, 5.41) is 3.57. The quantitative estimate of drug-likeness (QED) is 0.342.